The summed E-state index contributed by atoms with van der Waals surface area (Å²) in [5.74, 6) is 0. The lowest BCUT2D eigenvalue weighted by Crippen LogP contribution is -2.57. The fourth-order valence-corrected chi connectivity index (χ4v) is 3.22. The van der Waals surface area contributed by atoms with Crippen LogP contribution in [0.3, 0.4) is 0 Å². The minimum atomic E-state index is -0.747. The zero-order chi connectivity index (χ0) is 17.0. The lowest BCUT2D eigenvalue weighted by molar-refractivity contribution is -0.0206. The van der Waals surface area contributed by atoms with Gasteiger partial charge in [-0.3, -0.25) is 4.90 Å². The SMILES string of the molecule is CC(C)NC(=O)NCC1OC(CO)C(O)C1N1CCN(C)CC1. The van der Waals surface area contributed by atoms with E-state index in [4.69, 9.17) is 4.74 Å². The summed E-state index contributed by atoms with van der Waals surface area (Å²) in [5.41, 5.74) is 0. The van der Waals surface area contributed by atoms with Crippen molar-refractivity contribution < 1.29 is 19.7 Å². The third-order valence-electron chi connectivity index (χ3n) is 4.48. The van der Waals surface area contributed by atoms with Crippen molar-refractivity contribution in [3.63, 3.8) is 0 Å². The van der Waals surface area contributed by atoms with Gasteiger partial charge >= 0.3 is 6.03 Å². The van der Waals surface area contributed by atoms with Crippen molar-refractivity contribution in [1.82, 2.24) is 20.4 Å². The van der Waals surface area contributed by atoms with Gasteiger partial charge in [0.15, 0.2) is 0 Å². The molecule has 8 heteroatoms. The molecule has 0 bridgehead atoms. The van der Waals surface area contributed by atoms with Crippen LogP contribution in [0.25, 0.3) is 0 Å². The molecule has 0 radical (unpaired) electrons. The fourth-order valence-electron chi connectivity index (χ4n) is 3.22. The summed E-state index contributed by atoms with van der Waals surface area (Å²) >= 11 is 0. The van der Waals surface area contributed by atoms with Crippen LogP contribution in [0.5, 0.6) is 0 Å². The maximum Gasteiger partial charge on any atom is 0.315 e. The van der Waals surface area contributed by atoms with E-state index in [0.717, 1.165) is 26.2 Å². The second kappa shape index (κ2) is 8.25. The highest BCUT2D eigenvalue weighted by Gasteiger charge is 2.46. The van der Waals surface area contributed by atoms with Crippen LogP contribution >= 0.6 is 0 Å². The van der Waals surface area contributed by atoms with Crippen LogP contribution in [0, 0.1) is 0 Å². The Morgan fingerprint density at radius 2 is 1.91 bits per heavy atom. The largest absolute Gasteiger partial charge is 0.394 e. The minimum Gasteiger partial charge on any atom is -0.394 e. The van der Waals surface area contributed by atoms with Crippen molar-refractivity contribution in [1.29, 1.82) is 0 Å². The molecule has 2 heterocycles. The number of urea groups is 1. The summed E-state index contributed by atoms with van der Waals surface area (Å²) in [6.45, 7) is 7.42. The third-order valence-corrected chi connectivity index (χ3v) is 4.48. The molecule has 2 amide bonds. The van der Waals surface area contributed by atoms with Gasteiger partial charge in [0.2, 0.25) is 0 Å². The summed E-state index contributed by atoms with van der Waals surface area (Å²) in [6.07, 6.45) is -1.67. The van der Waals surface area contributed by atoms with Crippen molar-refractivity contribution in [2.24, 2.45) is 0 Å². The normalized spacial score (nSPS) is 33.1. The second-order valence-electron chi connectivity index (χ2n) is 6.73. The van der Waals surface area contributed by atoms with Crippen molar-refractivity contribution >= 4 is 6.03 Å². The molecule has 0 aromatic rings. The van der Waals surface area contributed by atoms with Gasteiger partial charge in [-0.1, -0.05) is 0 Å². The number of ether oxygens (including phenoxy) is 1. The lowest BCUT2D eigenvalue weighted by Gasteiger charge is -2.39. The van der Waals surface area contributed by atoms with Crippen LogP contribution in [-0.4, -0.2) is 103 Å². The summed E-state index contributed by atoms with van der Waals surface area (Å²) in [4.78, 5) is 16.2. The predicted molar refractivity (Wildman–Crippen MR) is 86.3 cm³/mol. The number of carbonyl (C=O) groups is 1. The van der Waals surface area contributed by atoms with Crippen molar-refractivity contribution in [3.05, 3.63) is 0 Å². The van der Waals surface area contributed by atoms with E-state index >= 15 is 0 Å². The Bertz CT molecular complexity index is 388. The number of likely N-dealkylation sites (N-methyl/N-ethyl adjacent to an activating group) is 1. The number of piperazine rings is 1. The van der Waals surface area contributed by atoms with E-state index in [1.54, 1.807) is 0 Å². The second-order valence-corrected chi connectivity index (χ2v) is 6.73. The molecule has 0 aromatic heterocycles. The smallest absolute Gasteiger partial charge is 0.315 e. The van der Waals surface area contributed by atoms with Gasteiger partial charge in [0.25, 0.3) is 0 Å². The monoisotopic (exact) mass is 330 g/mol. The fraction of sp³-hybridized carbons (Fsp3) is 0.933. The van der Waals surface area contributed by atoms with Crippen LogP contribution in [0.1, 0.15) is 13.8 Å². The van der Waals surface area contributed by atoms with Crippen LogP contribution in [-0.2, 0) is 4.74 Å². The Morgan fingerprint density at radius 3 is 2.48 bits per heavy atom. The molecule has 4 N–H and O–H groups in total. The topological polar surface area (TPSA) is 97.3 Å². The number of amides is 2. The molecule has 0 aromatic carbocycles. The van der Waals surface area contributed by atoms with Gasteiger partial charge in [-0.25, -0.2) is 4.79 Å². The molecule has 8 nitrogen and oxygen atoms in total. The molecule has 4 unspecified atom stereocenters. The molecule has 0 saturated carbocycles. The Labute approximate surface area is 137 Å². The first-order valence-electron chi connectivity index (χ1n) is 8.33. The van der Waals surface area contributed by atoms with E-state index in [2.05, 4.69) is 27.5 Å². The van der Waals surface area contributed by atoms with E-state index in [0.29, 0.717) is 6.54 Å². The summed E-state index contributed by atoms with van der Waals surface area (Å²) in [7, 11) is 2.07. The number of nitrogens with one attached hydrogen (secondary N) is 2. The molecule has 2 aliphatic heterocycles. The molecule has 2 fully saturated rings. The zero-order valence-corrected chi connectivity index (χ0v) is 14.2. The first-order valence-corrected chi connectivity index (χ1v) is 8.33. The van der Waals surface area contributed by atoms with Crippen LogP contribution in [0.15, 0.2) is 0 Å². The van der Waals surface area contributed by atoms with E-state index in [1.807, 2.05) is 13.8 Å². The highest BCUT2D eigenvalue weighted by atomic mass is 16.5. The third kappa shape index (κ3) is 4.77. The van der Waals surface area contributed by atoms with Gasteiger partial charge in [-0.15, -0.1) is 0 Å². The van der Waals surface area contributed by atoms with E-state index < -0.39 is 12.2 Å². The maximum atomic E-state index is 11.8. The number of aliphatic hydroxyl groups excluding tert-OH is 2. The van der Waals surface area contributed by atoms with E-state index in [9.17, 15) is 15.0 Å². The minimum absolute atomic E-state index is 0.0590. The number of nitrogens with zero attached hydrogens (tertiary/aromatic N) is 2. The van der Waals surface area contributed by atoms with Gasteiger partial charge in [-0.05, 0) is 20.9 Å². The first-order chi connectivity index (χ1) is 10.9. The molecule has 0 aliphatic carbocycles. The Morgan fingerprint density at radius 1 is 1.26 bits per heavy atom. The van der Waals surface area contributed by atoms with Gasteiger partial charge < -0.3 is 30.5 Å². The average Bonchev–Trinajstić information content (AvgIpc) is 2.81. The van der Waals surface area contributed by atoms with Gasteiger partial charge in [0.05, 0.1) is 18.8 Å². The van der Waals surface area contributed by atoms with Crippen LogP contribution in [0.2, 0.25) is 0 Å². The van der Waals surface area contributed by atoms with Crippen molar-refractivity contribution in [3.8, 4) is 0 Å². The Balaban J connectivity index is 1.96. The Hall–Kier alpha value is -0.930. The molecule has 2 rings (SSSR count). The number of hydrogen-bond acceptors (Lipinski definition) is 6. The average molecular weight is 330 g/mol. The lowest BCUT2D eigenvalue weighted by atomic mass is 10.0. The van der Waals surface area contributed by atoms with Crippen molar-refractivity contribution in [2.75, 3.05) is 46.4 Å². The van der Waals surface area contributed by atoms with Gasteiger partial charge in [0.1, 0.15) is 12.2 Å². The zero-order valence-electron chi connectivity index (χ0n) is 14.2. The number of rotatable bonds is 5. The molecular formula is C15H30N4O4. The summed E-state index contributed by atoms with van der Waals surface area (Å²) in [6, 6.07) is -0.397. The van der Waals surface area contributed by atoms with E-state index in [-0.39, 0.29) is 30.8 Å². The first kappa shape index (κ1) is 18.4. The molecule has 23 heavy (non-hydrogen) atoms. The number of aliphatic hydroxyl groups is 2. The summed E-state index contributed by atoms with van der Waals surface area (Å²) in [5, 5.41) is 25.4. The highest BCUT2D eigenvalue weighted by molar-refractivity contribution is 5.74. The van der Waals surface area contributed by atoms with Gasteiger partial charge in [-0.2, -0.15) is 0 Å². The number of hydrogen-bond donors (Lipinski definition) is 4. The predicted octanol–water partition coefficient (Wildman–Crippen LogP) is -1.57. The summed E-state index contributed by atoms with van der Waals surface area (Å²) < 4.78 is 5.77. The molecule has 2 aliphatic rings. The van der Waals surface area contributed by atoms with Gasteiger partial charge in [0, 0.05) is 38.8 Å². The van der Waals surface area contributed by atoms with Crippen LogP contribution < -0.4 is 10.6 Å². The molecule has 0 spiro atoms. The highest BCUT2D eigenvalue weighted by Crippen LogP contribution is 2.26. The van der Waals surface area contributed by atoms with Crippen LogP contribution in [0.4, 0.5) is 4.79 Å². The number of carbonyl (C=O) groups excluding carboxylic acids is 1. The standard InChI is InChI=1S/C15H30N4O4/c1-10(2)17-15(22)16-8-11-13(14(21)12(9-20)23-11)19-6-4-18(3)5-7-19/h10-14,20-21H,4-9H2,1-3H3,(H2,16,17,22). The van der Waals surface area contributed by atoms with Crippen molar-refractivity contribution in [2.45, 2.75) is 44.2 Å². The maximum absolute atomic E-state index is 11.8. The molecule has 134 valence electrons. The molecule has 4 atom stereocenters. The van der Waals surface area contributed by atoms with E-state index in [1.165, 1.54) is 0 Å². The molecular weight excluding hydrogens is 300 g/mol. The Kier molecular flexibility index (Phi) is 6.60. The molecule has 2 saturated heterocycles. The quantitative estimate of drug-likeness (QED) is 0.486.